The maximum atomic E-state index is 13.2. The fourth-order valence-electron chi connectivity index (χ4n) is 3.31. The minimum Gasteiger partial charge on any atom is -0.338 e. The molecule has 0 radical (unpaired) electrons. The predicted molar refractivity (Wildman–Crippen MR) is 95.6 cm³/mol. The number of hydrogen-bond acceptors (Lipinski definition) is 5. The molecule has 0 spiro atoms. The van der Waals surface area contributed by atoms with Crippen molar-refractivity contribution in [2.45, 2.75) is 44.9 Å². The second-order valence-electron chi connectivity index (χ2n) is 6.69. The molecule has 0 atom stereocenters. The molecule has 2 fully saturated rings. The van der Waals surface area contributed by atoms with Gasteiger partial charge in [0.25, 0.3) is 11.6 Å². The quantitative estimate of drug-likeness (QED) is 0.847. The Kier molecular flexibility index (Phi) is 4.48. The van der Waals surface area contributed by atoms with Gasteiger partial charge in [0.15, 0.2) is 0 Å². The molecule has 4 rings (SSSR count). The summed E-state index contributed by atoms with van der Waals surface area (Å²) in [6.45, 7) is 3.77. The van der Waals surface area contributed by atoms with E-state index in [0.717, 1.165) is 79.0 Å². The monoisotopic (exact) mass is 345 g/mol. The van der Waals surface area contributed by atoms with E-state index >= 15 is 0 Å². The van der Waals surface area contributed by atoms with Gasteiger partial charge in [-0.3, -0.25) is 4.79 Å². The number of hydrogen-bond donors (Lipinski definition) is 0. The normalized spacial score (nSPS) is 18.8. The van der Waals surface area contributed by atoms with Gasteiger partial charge in [-0.05, 0) is 37.5 Å². The molecule has 1 aliphatic carbocycles. The van der Waals surface area contributed by atoms with Crippen LogP contribution in [0.25, 0.3) is 11.1 Å². The van der Waals surface area contributed by atoms with Crippen LogP contribution in [0.2, 0.25) is 0 Å². The van der Waals surface area contributed by atoms with Crippen LogP contribution in [0.3, 0.4) is 0 Å². The molecule has 0 bridgehead atoms. The lowest BCUT2D eigenvalue weighted by atomic mass is 10.0. The maximum Gasteiger partial charge on any atom is 0.259 e. The van der Waals surface area contributed by atoms with Gasteiger partial charge in [-0.1, -0.05) is 18.5 Å². The van der Waals surface area contributed by atoms with Gasteiger partial charge < -0.3 is 9.42 Å². The Morgan fingerprint density at radius 1 is 1.38 bits per heavy atom. The summed E-state index contributed by atoms with van der Waals surface area (Å²) in [5.74, 6) is 2.76. The number of aryl methyl sites for hydroxylation is 1. The fraction of sp³-hybridized carbons (Fsp3) is 0.611. The standard InChI is InChI=1S/C18H23N3O2S/c1-2-4-14-16-13(18(22)21-7-3-9-24-10-8-21)11-15(12-5-6-12)19-17(16)23-20-14/h11-12H,2-10H2,1H3. The third kappa shape index (κ3) is 3.04. The van der Waals surface area contributed by atoms with Crippen LogP contribution in [-0.2, 0) is 6.42 Å². The fourth-order valence-corrected chi connectivity index (χ4v) is 4.20. The number of nitrogens with zero attached hydrogens (tertiary/aromatic N) is 3. The molecule has 2 aliphatic rings. The Labute approximate surface area is 146 Å². The molecular formula is C18H23N3O2S. The van der Waals surface area contributed by atoms with Gasteiger partial charge >= 0.3 is 0 Å². The molecule has 1 saturated heterocycles. The molecule has 1 aliphatic heterocycles. The van der Waals surface area contributed by atoms with Crippen molar-refractivity contribution in [2.24, 2.45) is 0 Å². The zero-order valence-electron chi connectivity index (χ0n) is 14.1. The van der Waals surface area contributed by atoms with Crippen LogP contribution in [0, 0.1) is 0 Å². The summed E-state index contributed by atoms with van der Waals surface area (Å²) >= 11 is 1.93. The molecule has 5 nitrogen and oxygen atoms in total. The second-order valence-corrected chi connectivity index (χ2v) is 7.91. The average Bonchev–Trinajstić information content (AvgIpc) is 3.40. The highest BCUT2D eigenvalue weighted by Crippen LogP contribution is 2.40. The van der Waals surface area contributed by atoms with E-state index in [2.05, 4.69) is 17.1 Å². The molecule has 6 heteroatoms. The molecule has 128 valence electrons. The van der Waals surface area contributed by atoms with Gasteiger partial charge in [0.1, 0.15) is 0 Å². The highest BCUT2D eigenvalue weighted by molar-refractivity contribution is 7.99. The SMILES string of the molecule is CCCc1noc2nc(C3CC3)cc(C(=O)N3CCCSCC3)c12. The van der Waals surface area contributed by atoms with E-state index in [1.54, 1.807) is 0 Å². The Morgan fingerprint density at radius 2 is 2.25 bits per heavy atom. The average molecular weight is 345 g/mol. The van der Waals surface area contributed by atoms with Crippen LogP contribution < -0.4 is 0 Å². The lowest BCUT2D eigenvalue weighted by Gasteiger charge is -2.20. The summed E-state index contributed by atoms with van der Waals surface area (Å²) in [6.07, 6.45) is 5.16. The first-order valence-corrected chi connectivity index (χ1v) is 10.1. The van der Waals surface area contributed by atoms with Crippen molar-refractivity contribution in [1.82, 2.24) is 15.0 Å². The molecule has 24 heavy (non-hydrogen) atoms. The number of amides is 1. The molecule has 0 unspecified atom stereocenters. The number of carbonyl (C=O) groups is 1. The van der Waals surface area contributed by atoms with Crippen LogP contribution in [0.4, 0.5) is 0 Å². The van der Waals surface area contributed by atoms with E-state index in [-0.39, 0.29) is 5.91 Å². The molecule has 0 aromatic carbocycles. The third-order valence-corrected chi connectivity index (χ3v) is 5.81. The first-order chi connectivity index (χ1) is 11.8. The van der Waals surface area contributed by atoms with Gasteiger partial charge in [-0.15, -0.1) is 0 Å². The summed E-state index contributed by atoms with van der Waals surface area (Å²) in [5, 5.41) is 5.04. The van der Waals surface area contributed by atoms with E-state index in [4.69, 9.17) is 4.52 Å². The zero-order valence-corrected chi connectivity index (χ0v) is 14.9. The van der Waals surface area contributed by atoms with Gasteiger partial charge in [0.05, 0.1) is 16.6 Å². The molecule has 0 N–H and O–H groups in total. The van der Waals surface area contributed by atoms with Crippen LogP contribution >= 0.6 is 11.8 Å². The largest absolute Gasteiger partial charge is 0.338 e. The zero-order chi connectivity index (χ0) is 16.5. The van der Waals surface area contributed by atoms with Gasteiger partial charge in [0.2, 0.25) is 0 Å². The molecule has 2 aromatic rings. The molecule has 2 aromatic heterocycles. The topological polar surface area (TPSA) is 59.2 Å². The molecule has 3 heterocycles. The van der Waals surface area contributed by atoms with Crippen LogP contribution in [0.1, 0.15) is 60.3 Å². The Balaban J connectivity index is 1.78. The number of fused-ring (bicyclic) bond motifs is 1. The highest BCUT2D eigenvalue weighted by Gasteiger charge is 2.30. The molecular weight excluding hydrogens is 322 g/mol. The van der Waals surface area contributed by atoms with Crippen molar-refractivity contribution in [1.29, 1.82) is 0 Å². The van der Waals surface area contributed by atoms with Crippen LogP contribution in [-0.4, -0.2) is 45.5 Å². The third-order valence-electron chi connectivity index (χ3n) is 4.76. The van der Waals surface area contributed by atoms with Crippen LogP contribution in [0.15, 0.2) is 10.6 Å². The number of thioether (sulfide) groups is 1. The maximum absolute atomic E-state index is 13.2. The van der Waals surface area contributed by atoms with Gasteiger partial charge in [0, 0.05) is 30.5 Å². The van der Waals surface area contributed by atoms with E-state index in [9.17, 15) is 4.79 Å². The molecule has 1 saturated carbocycles. The summed E-state index contributed by atoms with van der Waals surface area (Å²) in [7, 11) is 0. The summed E-state index contributed by atoms with van der Waals surface area (Å²) < 4.78 is 5.49. The van der Waals surface area contributed by atoms with Crippen molar-refractivity contribution in [3.8, 4) is 0 Å². The Bertz CT molecular complexity index is 746. The summed E-state index contributed by atoms with van der Waals surface area (Å²) in [4.78, 5) is 19.9. The number of rotatable bonds is 4. The highest BCUT2D eigenvalue weighted by atomic mass is 32.2. The minimum absolute atomic E-state index is 0.118. The summed E-state index contributed by atoms with van der Waals surface area (Å²) in [5.41, 5.74) is 3.15. The number of aromatic nitrogens is 2. The van der Waals surface area contributed by atoms with Crippen LogP contribution in [0.5, 0.6) is 0 Å². The Hall–Kier alpha value is -1.56. The minimum atomic E-state index is 0.118. The second kappa shape index (κ2) is 6.75. The van der Waals surface area contributed by atoms with E-state index < -0.39 is 0 Å². The van der Waals surface area contributed by atoms with Crippen molar-refractivity contribution < 1.29 is 9.32 Å². The van der Waals surface area contributed by atoms with E-state index in [0.29, 0.717) is 11.6 Å². The lowest BCUT2D eigenvalue weighted by Crippen LogP contribution is -2.33. The van der Waals surface area contributed by atoms with Crippen molar-refractivity contribution in [3.05, 3.63) is 23.0 Å². The van der Waals surface area contributed by atoms with E-state index in [1.165, 1.54) is 0 Å². The van der Waals surface area contributed by atoms with Gasteiger partial charge in [-0.25, -0.2) is 4.98 Å². The first kappa shape index (κ1) is 15.9. The van der Waals surface area contributed by atoms with Crippen molar-refractivity contribution in [2.75, 3.05) is 24.6 Å². The van der Waals surface area contributed by atoms with Crippen molar-refractivity contribution in [3.63, 3.8) is 0 Å². The number of pyridine rings is 1. The van der Waals surface area contributed by atoms with Gasteiger partial charge in [-0.2, -0.15) is 11.8 Å². The first-order valence-electron chi connectivity index (χ1n) is 8.94. The van der Waals surface area contributed by atoms with Crippen molar-refractivity contribution >= 4 is 28.8 Å². The predicted octanol–water partition coefficient (Wildman–Crippen LogP) is 3.63. The lowest BCUT2D eigenvalue weighted by molar-refractivity contribution is 0.0770. The smallest absolute Gasteiger partial charge is 0.259 e. The molecule has 1 amide bonds. The Morgan fingerprint density at radius 3 is 3.04 bits per heavy atom. The summed E-state index contributed by atoms with van der Waals surface area (Å²) in [6, 6.07) is 2.01. The number of carbonyl (C=O) groups excluding carboxylic acids is 1. The van der Waals surface area contributed by atoms with E-state index in [1.807, 2.05) is 22.7 Å².